The zero-order valence-corrected chi connectivity index (χ0v) is 11.8. The van der Waals surface area contributed by atoms with Crippen LogP contribution in [-0.4, -0.2) is 29.8 Å². The van der Waals surface area contributed by atoms with Crippen LogP contribution in [0.4, 0.5) is 0 Å². The predicted octanol–water partition coefficient (Wildman–Crippen LogP) is 1.66. The summed E-state index contributed by atoms with van der Waals surface area (Å²) < 4.78 is 26.7. The number of imidazole rings is 1. The minimum absolute atomic E-state index is 0.0825. The maximum atomic E-state index is 12.1. The van der Waals surface area contributed by atoms with Crippen LogP contribution in [0.15, 0.2) is 11.2 Å². The van der Waals surface area contributed by atoms with Crippen LogP contribution in [0.1, 0.15) is 33.0 Å². The van der Waals surface area contributed by atoms with Gasteiger partial charge in [0.15, 0.2) is 5.03 Å². The number of H-pyrrole nitrogens is 1. The Hall–Kier alpha value is -0.590. The molecule has 0 aliphatic heterocycles. The Kier molecular flexibility index (Phi) is 4.57. The van der Waals surface area contributed by atoms with Crippen LogP contribution in [-0.2, 0) is 16.4 Å². The molecule has 5 nitrogen and oxygen atoms in total. The van der Waals surface area contributed by atoms with Gasteiger partial charge in [0.25, 0.3) is 10.0 Å². The summed E-state index contributed by atoms with van der Waals surface area (Å²) in [6.07, 6.45) is 2.60. The highest BCUT2D eigenvalue weighted by molar-refractivity contribution is 7.89. The molecular weight excluding hydrogens is 262 g/mol. The monoisotopic (exact) mass is 279 g/mol. The molecule has 2 N–H and O–H groups in total. The Morgan fingerprint density at radius 2 is 2.18 bits per heavy atom. The minimum atomic E-state index is -3.58. The molecule has 1 aromatic heterocycles. The maximum absolute atomic E-state index is 12.1. The van der Waals surface area contributed by atoms with Crippen LogP contribution >= 0.6 is 11.6 Å². The Balaban J connectivity index is 2.96. The standard InChI is InChI=1S/C10H18ClN3O2S/c1-4-8-12-6-9(13-8)17(15,16)14-10(3,5-2)7-11/h6,14H,4-5,7H2,1-3H3,(H,12,13). The normalized spacial score (nSPS) is 15.8. The van der Waals surface area contributed by atoms with Gasteiger partial charge in [-0.2, -0.15) is 0 Å². The zero-order chi connectivity index (χ0) is 13.1. The highest BCUT2D eigenvalue weighted by Crippen LogP contribution is 2.16. The van der Waals surface area contributed by atoms with E-state index in [2.05, 4.69) is 14.7 Å². The zero-order valence-electron chi connectivity index (χ0n) is 10.2. The van der Waals surface area contributed by atoms with Crippen molar-refractivity contribution in [3.05, 3.63) is 12.0 Å². The summed E-state index contributed by atoms with van der Waals surface area (Å²) in [6, 6.07) is 0. The fraction of sp³-hybridized carbons (Fsp3) is 0.700. The van der Waals surface area contributed by atoms with Crippen molar-refractivity contribution < 1.29 is 8.42 Å². The van der Waals surface area contributed by atoms with Crippen molar-refractivity contribution >= 4 is 21.6 Å². The number of aryl methyl sites for hydroxylation is 1. The van der Waals surface area contributed by atoms with Gasteiger partial charge >= 0.3 is 0 Å². The van der Waals surface area contributed by atoms with Crippen molar-refractivity contribution in [2.75, 3.05) is 5.88 Å². The second-order valence-electron chi connectivity index (χ2n) is 4.20. The number of rotatable bonds is 6. The molecule has 1 atom stereocenters. The first kappa shape index (κ1) is 14.5. The third-order valence-electron chi connectivity index (χ3n) is 2.69. The van der Waals surface area contributed by atoms with Gasteiger partial charge in [0.2, 0.25) is 0 Å². The fourth-order valence-electron chi connectivity index (χ4n) is 1.23. The summed E-state index contributed by atoms with van der Waals surface area (Å²) in [5, 5.41) is 0.0825. The highest BCUT2D eigenvalue weighted by Gasteiger charge is 2.29. The lowest BCUT2D eigenvalue weighted by molar-refractivity contribution is 0.443. The van der Waals surface area contributed by atoms with Gasteiger partial charge in [0.1, 0.15) is 5.82 Å². The Bertz CT molecular complexity index is 466. The molecule has 0 spiro atoms. The topological polar surface area (TPSA) is 74.8 Å². The lowest BCUT2D eigenvalue weighted by atomic mass is 10.0. The lowest BCUT2D eigenvalue weighted by Gasteiger charge is -2.26. The average molecular weight is 280 g/mol. The van der Waals surface area contributed by atoms with Crippen molar-refractivity contribution in [1.29, 1.82) is 0 Å². The summed E-state index contributed by atoms with van der Waals surface area (Å²) in [5.74, 6) is 0.867. The molecule has 0 fully saturated rings. The van der Waals surface area contributed by atoms with Crippen LogP contribution < -0.4 is 4.72 Å². The van der Waals surface area contributed by atoms with Crippen molar-refractivity contribution in [3.8, 4) is 0 Å². The smallest absolute Gasteiger partial charge is 0.258 e. The van der Waals surface area contributed by atoms with Crippen molar-refractivity contribution in [2.24, 2.45) is 0 Å². The molecule has 1 rings (SSSR count). The molecule has 0 amide bonds. The first-order valence-corrected chi connectivity index (χ1v) is 7.52. The van der Waals surface area contributed by atoms with E-state index in [4.69, 9.17) is 11.6 Å². The largest absolute Gasteiger partial charge is 0.332 e. The molecule has 98 valence electrons. The average Bonchev–Trinajstić information content (AvgIpc) is 2.77. The number of nitrogens with one attached hydrogen (secondary N) is 2. The first-order valence-electron chi connectivity index (χ1n) is 5.50. The minimum Gasteiger partial charge on any atom is -0.332 e. The highest BCUT2D eigenvalue weighted by atomic mass is 35.5. The molecule has 0 saturated heterocycles. The van der Waals surface area contributed by atoms with E-state index < -0.39 is 15.6 Å². The number of halogens is 1. The predicted molar refractivity (Wildman–Crippen MR) is 67.7 cm³/mol. The van der Waals surface area contributed by atoms with Gasteiger partial charge in [-0.1, -0.05) is 13.8 Å². The van der Waals surface area contributed by atoms with Gasteiger partial charge in [-0.3, -0.25) is 0 Å². The summed E-state index contributed by atoms with van der Waals surface area (Å²) >= 11 is 5.78. The summed E-state index contributed by atoms with van der Waals surface area (Å²) in [5.41, 5.74) is -0.641. The number of nitrogens with zero attached hydrogens (tertiary/aromatic N) is 1. The van der Waals surface area contributed by atoms with E-state index in [0.717, 1.165) is 0 Å². The molecule has 0 radical (unpaired) electrons. The molecule has 7 heteroatoms. The van der Waals surface area contributed by atoms with Gasteiger partial charge in [-0.05, 0) is 13.3 Å². The van der Waals surface area contributed by atoms with E-state index in [1.165, 1.54) is 6.20 Å². The van der Waals surface area contributed by atoms with Crippen molar-refractivity contribution in [2.45, 2.75) is 44.2 Å². The van der Waals surface area contributed by atoms with Gasteiger partial charge in [-0.15, -0.1) is 11.6 Å². The summed E-state index contributed by atoms with van der Waals surface area (Å²) in [4.78, 5) is 6.74. The number of hydrogen-bond acceptors (Lipinski definition) is 3. The number of hydrogen-bond donors (Lipinski definition) is 2. The molecule has 0 aliphatic rings. The van der Waals surface area contributed by atoms with Crippen LogP contribution in [0.5, 0.6) is 0 Å². The molecule has 17 heavy (non-hydrogen) atoms. The molecule has 1 unspecified atom stereocenters. The molecule has 0 aromatic carbocycles. The van der Waals surface area contributed by atoms with Crippen LogP contribution in [0.25, 0.3) is 0 Å². The Morgan fingerprint density at radius 1 is 1.53 bits per heavy atom. The molecule has 1 aromatic rings. The Labute approximate surface area is 107 Å². The summed E-state index contributed by atoms with van der Waals surface area (Å²) in [6.45, 7) is 5.56. The van der Waals surface area contributed by atoms with Gasteiger partial charge in [-0.25, -0.2) is 18.1 Å². The van der Waals surface area contributed by atoms with Crippen LogP contribution in [0, 0.1) is 0 Å². The number of aromatic nitrogens is 2. The van der Waals surface area contributed by atoms with E-state index in [1.54, 1.807) is 6.92 Å². The molecule has 1 heterocycles. The quantitative estimate of drug-likeness (QED) is 0.778. The van der Waals surface area contributed by atoms with E-state index in [-0.39, 0.29) is 10.9 Å². The molecule has 0 bridgehead atoms. The molecular formula is C10H18ClN3O2S. The van der Waals surface area contributed by atoms with Crippen LogP contribution in [0.2, 0.25) is 0 Å². The molecule has 0 saturated carbocycles. The van der Waals surface area contributed by atoms with E-state index >= 15 is 0 Å². The third-order valence-corrected chi connectivity index (χ3v) is 4.82. The van der Waals surface area contributed by atoms with Crippen molar-refractivity contribution in [1.82, 2.24) is 14.7 Å². The van der Waals surface area contributed by atoms with E-state index in [1.807, 2.05) is 13.8 Å². The second-order valence-corrected chi connectivity index (χ2v) is 6.12. The van der Waals surface area contributed by atoms with E-state index in [9.17, 15) is 8.42 Å². The maximum Gasteiger partial charge on any atom is 0.258 e. The number of alkyl halides is 1. The fourth-order valence-corrected chi connectivity index (χ4v) is 2.99. The number of aromatic amines is 1. The second kappa shape index (κ2) is 5.37. The SMILES string of the molecule is CCc1ncc(S(=O)(=O)NC(C)(CC)CCl)[nH]1. The van der Waals surface area contributed by atoms with Gasteiger partial charge in [0.05, 0.1) is 6.20 Å². The Morgan fingerprint density at radius 3 is 2.59 bits per heavy atom. The third kappa shape index (κ3) is 3.43. The van der Waals surface area contributed by atoms with Crippen LogP contribution in [0.3, 0.4) is 0 Å². The van der Waals surface area contributed by atoms with Crippen molar-refractivity contribution in [3.63, 3.8) is 0 Å². The van der Waals surface area contributed by atoms with E-state index in [0.29, 0.717) is 18.7 Å². The van der Waals surface area contributed by atoms with Gasteiger partial charge < -0.3 is 4.98 Å². The molecule has 0 aliphatic carbocycles. The first-order chi connectivity index (χ1) is 7.87. The van der Waals surface area contributed by atoms with Gasteiger partial charge in [0, 0.05) is 17.8 Å². The summed E-state index contributed by atoms with van der Waals surface area (Å²) in [7, 11) is -3.58. The lowest BCUT2D eigenvalue weighted by Crippen LogP contribution is -2.47. The number of sulfonamides is 1.